The molecule has 0 radical (unpaired) electrons. The van der Waals surface area contributed by atoms with Crippen LogP contribution in [0.2, 0.25) is 0 Å². The molecule has 10 nitrogen and oxygen atoms in total. The van der Waals surface area contributed by atoms with Gasteiger partial charge in [-0.3, -0.25) is 20.2 Å². The Balaban J connectivity index is 1.99. The fraction of sp³-hybridized carbons (Fsp3) is 0. The van der Waals surface area contributed by atoms with Crippen molar-refractivity contribution in [2.24, 2.45) is 0 Å². The molecule has 4 aromatic rings. The molecule has 0 atom stereocenters. The van der Waals surface area contributed by atoms with Crippen LogP contribution in [0.15, 0.2) is 70.5 Å². The van der Waals surface area contributed by atoms with Crippen LogP contribution in [-0.4, -0.2) is 24.8 Å². The van der Waals surface area contributed by atoms with Gasteiger partial charge in [-0.25, -0.2) is 0 Å². The topological polar surface area (TPSA) is 121 Å². The van der Waals surface area contributed by atoms with Crippen molar-refractivity contribution in [3.63, 3.8) is 0 Å². The lowest BCUT2D eigenvalue weighted by molar-refractivity contribution is -0.736. The summed E-state index contributed by atoms with van der Waals surface area (Å²) >= 11 is 11.8. The molecular formula is C19H11IN6O4S2. The smallest absolute Gasteiger partial charge is 0.338 e. The van der Waals surface area contributed by atoms with E-state index in [-0.39, 0.29) is 11.5 Å². The Labute approximate surface area is 205 Å². The highest BCUT2D eigenvalue weighted by molar-refractivity contribution is 14.1. The second-order valence-corrected chi connectivity index (χ2v) is 8.65. The van der Waals surface area contributed by atoms with Crippen LogP contribution >= 0.6 is 35.2 Å². The van der Waals surface area contributed by atoms with Crippen molar-refractivity contribution in [3.05, 3.63) is 84.5 Å². The van der Waals surface area contributed by atoms with Gasteiger partial charge in [0.2, 0.25) is 0 Å². The molecule has 32 heavy (non-hydrogen) atoms. The maximum atomic E-state index is 11.7. The van der Waals surface area contributed by atoms with Crippen molar-refractivity contribution in [1.82, 2.24) is 15.0 Å². The first-order valence-corrected chi connectivity index (χ1v) is 10.8. The predicted octanol–water partition coefficient (Wildman–Crippen LogP) is 3.83. The Bertz CT molecular complexity index is 1380. The van der Waals surface area contributed by atoms with Crippen molar-refractivity contribution in [2.45, 2.75) is 9.79 Å². The normalized spacial score (nSPS) is 10.8. The molecule has 0 aliphatic carbocycles. The number of tetrazole rings is 1. The van der Waals surface area contributed by atoms with Crippen LogP contribution in [0.25, 0.3) is 22.8 Å². The standard InChI is InChI=1S/C19H11IN6O4S2/c20-11-1-3-12(4-2-11)23-21-19(15-7-6-14(31)10-18(15)32)22-24(23)16-8-5-13(25(27)28)9-17(16)26(29)30/h1-10H,(H-,21,22,31,32). The first kappa shape index (κ1) is 22.0. The van der Waals surface area contributed by atoms with E-state index >= 15 is 0 Å². The average Bonchev–Trinajstić information content (AvgIpc) is 3.18. The minimum Gasteiger partial charge on any atom is -0.779 e. The summed E-state index contributed by atoms with van der Waals surface area (Å²) in [6, 6.07) is 15.7. The number of hydrogen-bond acceptors (Lipinski definition) is 8. The lowest BCUT2D eigenvalue weighted by atomic mass is 10.2. The fourth-order valence-electron chi connectivity index (χ4n) is 2.93. The highest BCUT2D eigenvalue weighted by Gasteiger charge is 2.31. The van der Waals surface area contributed by atoms with Crippen LogP contribution in [0.3, 0.4) is 0 Å². The summed E-state index contributed by atoms with van der Waals surface area (Å²) in [6.07, 6.45) is 0. The molecule has 3 aromatic carbocycles. The molecule has 1 aromatic heterocycles. The van der Waals surface area contributed by atoms with E-state index in [1.165, 1.54) is 21.7 Å². The van der Waals surface area contributed by atoms with Gasteiger partial charge in [0, 0.05) is 31.0 Å². The number of thiol groups is 1. The molecule has 0 unspecified atom stereocenters. The van der Waals surface area contributed by atoms with Crippen LogP contribution in [-0.2, 0) is 12.6 Å². The van der Waals surface area contributed by atoms with E-state index in [0.29, 0.717) is 21.0 Å². The van der Waals surface area contributed by atoms with E-state index in [2.05, 4.69) is 45.4 Å². The van der Waals surface area contributed by atoms with Crippen LogP contribution in [0.1, 0.15) is 0 Å². The van der Waals surface area contributed by atoms with Crippen molar-refractivity contribution in [2.75, 3.05) is 0 Å². The molecule has 0 bridgehead atoms. The Morgan fingerprint density at radius 2 is 1.72 bits per heavy atom. The van der Waals surface area contributed by atoms with Gasteiger partial charge < -0.3 is 12.6 Å². The van der Waals surface area contributed by atoms with Crippen molar-refractivity contribution in [1.29, 1.82) is 0 Å². The summed E-state index contributed by atoms with van der Waals surface area (Å²) in [5.41, 5.74) is 0.238. The lowest BCUT2D eigenvalue weighted by Gasteiger charge is -2.08. The van der Waals surface area contributed by atoms with E-state index in [4.69, 9.17) is 12.6 Å². The summed E-state index contributed by atoms with van der Waals surface area (Å²) in [5.74, 6) is 0.231. The van der Waals surface area contributed by atoms with Gasteiger partial charge in [-0.1, -0.05) is 6.07 Å². The molecule has 4 rings (SSSR count). The Morgan fingerprint density at radius 1 is 1.00 bits per heavy atom. The molecule has 0 fully saturated rings. The third kappa shape index (κ3) is 4.26. The van der Waals surface area contributed by atoms with E-state index in [1.54, 1.807) is 30.3 Å². The number of non-ortho nitro benzene ring substituents is 1. The Kier molecular flexibility index (Phi) is 6.03. The average molecular weight is 578 g/mol. The number of halogens is 1. The Morgan fingerprint density at radius 3 is 2.34 bits per heavy atom. The third-order valence-corrected chi connectivity index (χ3v) is 5.74. The van der Waals surface area contributed by atoms with Crippen LogP contribution in [0.4, 0.5) is 11.4 Å². The number of rotatable bonds is 5. The van der Waals surface area contributed by atoms with E-state index in [1.807, 2.05) is 12.1 Å². The molecule has 0 amide bonds. The fourth-order valence-corrected chi connectivity index (χ4v) is 3.86. The van der Waals surface area contributed by atoms with Gasteiger partial charge in [0.25, 0.3) is 11.4 Å². The maximum absolute atomic E-state index is 11.7. The van der Waals surface area contributed by atoms with E-state index in [0.717, 1.165) is 9.64 Å². The lowest BCUT2D eigenvalue weighted by Crippen LogP contribution is -2.43. The van der Waals surface area contributed by atoms with Gasteiger partial charge >= 0.3 is 11.5 Å². The molecule has 160 valence electrons. The van der Waals surface area contributed by atoms with Gasteiger partial charge in [0.05, 0.1) is 21.0 Å². The number of nitro benzene ring substituents is 2. The molecule has 0 spiro atoms. The van der Waals surface area contributed by atoms with Gasteiger partial charge in [-0.2, -0.15) is 4.90 Å². The molecule has 0 saturated carbocycles. The van der Waals surface area contributed by atoms with Crippen LogP contribution < -0.4 is 4.80 Å². The molecule has 1 heterocycles. The molecule has 0 saturated heterocycles. The summed E-state index contributed by atoms with van der Waals surface area (Å²) in [6.45, 7) is 0. The number of hydrogen-bond donors (Lipinski definition) is 1. The number of nitro groups is 2. The van der Waals surface area contributed by atoms with E-state index in [9.17, 15) is 20.2 Å². The summed E-state index contributed by atoms with van der Waals surface area (Å²) in [7, 11) is 0. The predicted molar refractivity (Wildman–Crippen MR) is 127 cm³/mol. The number of aromatic nitrogens is 4. The molecule has 0 N–H and O–H groups in total. The van der Waals surface area contributed by atoms with Crippen LogP contribution in [0, 0.1) is 23.8 Å². The summed E-state index contributed by atoms with van der Waals surface area (Å²) in [4.78, 5) is 25.2. The monoisotopic (exact) mass is 578 g/mol. The zero-order valence-electron chi connectivity index (χ0n) is 15.8. The van der Waals surface area contributed by atoms with E-state index < -0.39 is 21.2 Å². The maximum Gasteiger partial charge on any atom is 0.338 e. The summed E-state index contributed by atoms with van der Waals surface area (Å²) in [5, 5.41) is 31.8. The van der Waals surface area contributed by atoms with Gasteiger partial charge in [-0.15, -0.1) is 12.6 Å². The van der Waals surface area contributed by atoms with Crippen LogP contribution in [0.5, 0.6) is 0 Å². The minimum absolute atomic E-state index is 0.00892. The highest BCUT2D eigenvalue weighted by atomic mass is 127. The van der Waals surface area contributed by atoms with Crippen molar-refractivity contribution >= 4 is 59.2 Å². The highest BCUT2D eigenvalue weighted by Crippen LogP contribution is 2.27. The Hall–Kier alpha value is -3.17. The minimum atomic E-state index is -0.698. The van der Waals surface area contributed by atoms with Gasteiger partial charge in [0.15, 0.2) is 0 Å². The molecular weight excluding hydrogens is 567 g/mol. The quantitative estimate of drug-likeness (QED) is 0.0955. The zero-order chi connectivity index (χ0) is 23.0. The third-order valence-electron chi connectivity index (χ3n) is 4.40. The number of nitrogens with zero attached hydrogens (tertiary/aromatic N) is 6. The largest absolute Gasteiger partial charge is 0.779 e. The second-order valence-electron chi connectivity index (χ2n) is 6.45. The molecule has 0 aliphatic rings. The first-order valence-electron chi connectivity index (χ1n) is 8.84. The number of benzene rings is 3. The second kappa shape index (κ2) is 8.76. The summed E-state index contributed by atoms with van der Waals surface area (Å²) < 4.78 is 0.983. The van der Waals surface area contributed by atoms with Crippen molar-refractivity contribution < 1.29 is 14.6 Å². The molecule has 13 heteroatoms. The molecule has 0 aliphatic heterocycles. The van der Waals surface area contributed by atoms with Gasteiger partial charge in [-0.05, 0) is 68.9 Å². The first-order chi connectivity index (χ1) is 15.2. The van der Waals surface area contributed by atoms with Crippen molar-refractivity contribution in [3.8, 4) is 22.8 Å². The zero-order valence-corrected chi connectivity index (χ0v) is 19.7. The SMILES string of the molecule is O=[N+]([O-])c1ccc(-[n+]2nc(-c3ccc(S)cc3[S-])nn2-c2ccc(I)cc2)c([N+](=O)[O-])c1. The van der Waals surface area contributed by atoms with Gasteiger partial charge in [0.1, 0.15) is 5.69 Å².